The summed E-state index contributed by atoms with van der Waals surface area (Å²) in [6, 6.07) is 2.81. The highest BCUT2D eigenvalue weighted by molar-refractivity contribution is 7.99. The minimum absolute atomic E-state index is 0.0424. The number of aromatic nitrogens is 1. The second kappa shape index (κ2) is 6.25. The fourth-order valence-corrected chi connectivity index (χ4v) is 3.18. The fourth-order valence-electron chi connectivity index (χ4n) is 1.96. The van der Waals surface area contributed by atoms with Crippen LogP contribution in [-0.4, -0.2) is 51.0 Å². The zero-order valence-corrected chi connectivity index (χ0v) is 11.7. The van der Waals surface area contributed by atoms with E-state index in [0.29, 0.717) is 17.3 Å². The molecule has 7 heteroatoms. The average molecular weight is 301 g/mol. The lowest BCUT2D eigenvalue weighted by atomic mass is 10.1. The first-order chi connectivity index (χ1) is 9.08. The molecule has 1 aliphatic rings. The van der Waals surface area contributed by atoms with Crippen molar-refractivity contribution in [3.63, 3.8) is 0 Å². The van der Waals surface area contributed by atoms with Gasteiger partial charge in [0.25, 0.3) is 5.91 Å². The van der Waals surface area contributed by atoms with Crippen LogP contribution >= 0.6 is 23.4 Å². The Morgan fingerprint density at radius 2 is 2.37 bits per heavy atom. The van der Waals surface area contributed by atoms with E-state index in [0.717, 1.165) is 5.75 Å². The van der Waals surface area contributed by atoms with Crippen molar-refractivity contribution in [1.82, 2.24) is 9.88 Å². The summed E-state index contributed by atoms with van der Waals surface area (Å²) in [4.78, 5) is 28.8. The maximum Gasteiger partial charge on any atom is 0.305 e. The molecule has 0 aromatic carbocycles. The maximum atomic E-state index is 12.3. The van der Waals surface area contributed by atoms with Gasteiger partial charge in [0.05, 0.1) is 12.5 Å². The van der Waals surface area contributed by atoms with Crippen molar-refractivity contribution >= 4 is 35.2 Å². The van der Waals surface area contributed by atoms with E-state index in [1.165, 1.54) is 12.3 Å². The Kier molecular flexibility index (Phi) is 4.66. The van der Waals surface area contributed by atoms with Crippen LogP contribution in [0.1, 0.15) is 16.9 Å². The molecule has 2 heterocycles. The molecule has 19 heavy (non-hydrogen) atoms. The Morgan fingerprint density at radius 3 is 3.05 bits per heavy atom. The van der Waals surface area contributed by atoms with Gasteiger partial charge in [-0.3, -0.25) is 14.6 Å². The van der Waals surface area contributed by atoms with Gasteiger partial charge in [0.15, 0.2) is 0 Å². The molecule has 1 unspecified atom stereocenters. The summed E-state index contributed by atoms with van der Waals surface area (Å²) in [5.74, 6) is 0.291. The van der Waals surface area contributed by atoms with Gasteiger partial charge in [0, 0.05) is 29.3 Å². The lowest BCUT2D eigenvalue weighted by molar-refractivity contribution is -0.138. The first kappa shape index (κ1) is 14.1. The Hall–Kier alpha value is -1.27. The van der Waals surface area contributed by atoms with Crippen molar-refractivity contribution in [3.05, 3.63) is 29.0 Å². The third kappa shape index (κ3) is 3.61. The molecule has 5 nitrogen and oxygen atoms in total. The van der Waals surface area contributed by atoms with Gasteiger partial charge < -0.3 is 10.0 Å². The van der Waals surface area contributed by atoms with Crippen molar-refractivity contribution in [1.29, 1.82) is 0 Å². The Balaban J connectivity index is 2.17. The van der Waals surface area contributed by atoms with Crippen molar-refractivity contribution in [2.24, 2.45) is 0 Å². The number of halogens is 1. The van der Waals surface area contributed by atoms with Gasteiger partial charge in [0.2, 0.25) is 0 Å². The third-order valence-electron chi connectivity index (χ3n) is 2.84. The SMILES string of the molecule is O=C(O)CC1CSCCN1C(=O)c1cc(Cl)ccn1. The topological polar surface area (TPSA) is 70.5 Å². The summed E-state index contributed by atoms with van der Waals surface area (Å²) in [5.41, 5.74) is 0.259. The number of carbonyl (C=O) groups is 2. The Labute approximate surface area is 120 Å². The second-order valence-corrected chi connectivity index (χ2v) is 5.77. The zero-order valence-electron chi connectivity index (χ0n) is 10.1. The van der Waals surface area contributed by atoms with Gasteiger partial charge in [0.1, 0.15) is 5.69 Å². The molecular weight excluding hydrogens is 288 g/mol. The predicted octanol–water partition coefficient (Wildman–Crippen LogP) is 1.77. The van der Waals surface area contributed by atoms with Gasteiger partial charge >= 0.3 is 5.97 Å². The van der Waals surface area contributed by atoms with Crippen LogP contribution < -0.4 is 0 Å². The molecule has 1 aliphatic heterocycles. The van der Waals surface area contributed by atoms with E-state index in [1.54, 1.807) is 22.7 Å². The summed E-state index contributed by atoms with van der Waals surface area (Å²) in [6.45, 7) is 0.537. The van der Waals surface area contributed by atoms with Crippen LogP contribution in [-0.2, 0) is 4.79 Å². The molecule has 1 N–H and O–H groups in total. The first-order valence-electron chi connectivity index (χ1n) is 5.80. The van der Waals surface area contributed by atoms with E-state index in [9.17, 15) is 9.59 Å². The number of carbonyl (C=O) groups excluding carboxylic acids is 1. The zero-order chi connectivity index (χ0) is 13.8. The Bertz CT molecular complexity index is 498. The number of carboxylic acids is 1. The molecule has 1 aromatic heterocycles. The Morgan fingerprint density at radius 1 is 1.58 bits per heavy atom. The predicted molar refractivity (Wildman–Crippen MR) is 73.6 cm³/mol. The van der Waals surface area contributed by atoms with E-state index in [4.69, 9.17) is 16.7 Å². The summed E-state index contributed by atoms with van der Waals surface area (Å²) in [5, 5.41) is 9.34. The number of aliphatic carboxylic acids is 1. The van der Waals surface area contributed by atoms with Crippen LogP contribution in [0.3, 0.4) is 0 Å². The van der Waals surface area contributed by atoms with Crippen LogP contribution in [0.2, 0.25) is 5.02 Å². The van der Waals surface area contributed by atoms with Gasteiger partial charge in [-0.05, 0) is 12.1 Å². The molecule has 0 saturated carbocycles. The number of thioether (sulfide) groups is 1. The van der Waals surface area contributed by atoms with Crippen molar-refractivity contribution in [2.45, 2.75) is 12.5 Å². The van der Waals surface area contributed by atoms with Crippen molar-refractivity contribution in [2.75, 3.05) is 18.1 Å². The molecule has 1 amide bonds. The molecule has 1 saturated heterocycles. The third-order valence-corrected chi connectivity index (χ3v) is 4.17. The van der Waals surface area contributed by atoms with Gasteiger partial charge in [-0.1, -0.05) is 11.6 Å². The fraction of sp³-hybridized carbons (Fsp3) is 0.417. The van der Waals surface area contributed by atoms with Crippen LogP contribution in [0.4, 0.5) is 0 Å². The summed E-state index contributed by atoms with van der Waals surface area (Å²) in [6.07, 6.45) is 1.43. The van der Waals surface area contributed by atoms with E-state index in [2.05, 4.69) is 4.98 Å². The molecule has 1 aromatic rings. The molecule has 0 bridgehead atoms. The van der Waals surface area contributed by atoms with Crippen LogP contribution in [0.5, 0.6) is 0 Å². The highest BCUT2D eigenvalue weighted by Crippen LogP contribution is 2.21. The number of hydrogen-bond donors (Lipinski definition) is 1. The largest absolute Gasteiger partial charge is 0.481 e. The number of pyridine rings is 1. The highest BCUT2D eigenvalue weighted by Gasteiger charge is 2.30. The number of rotatable bonds is 3. The lowest BCUT2D eigenvalue weighted by Gasteiger charge is -2.34. The summed E-state index contributed by atoms with van der Waals surface area (Å²) >= 11 is 7.50. The van der Waals surface area contributed by atoms with Crippen molar-refractivity contribution in [3.8, 4) is 0 Å². The van der Waals surface area contributed by atoms with E-state index in [-0.39, 0.29) is 24.1 Å². The number of amides is 1. The van der Waals surface area contributed by atoms with E-state index < -0.39 is 5.97 Å². The molecule has 1 fully saturated rings. The van der Waals surface area contributed by atoms with E-state index in [1.807, 2.05) is 0 Å². The smallest absolute Gasteiger partial charge is 0.305 e. The maximum absolute atomic E-state index is 12.3. The van der Waals surface area contributed by atoms with Crippen LogP contribution in [0.25, 0.3) is 0 Å². The number of carboxylic acid groups (broad SMARTS) is 1. The molecule has 102 valence electrons. The molecule has 0 radical (unpaired) electrons. The standard InChI is InChI=1S/C12H13ClN2O3S/c13-8-1-2-14-10(5-8)12(18)15-3-4-19-7-9(15)6-11(16)17/h1-2,5,9H,3-4,6-7H2,(H,16,17). The minimum atomic E-state index is -0.899. The van der Waals surface area contributed by atoms with Gasteiger partial charge in [-0.15, -0.1) is 0 Å². The monoisotopic (exact) mass is 300 g/mol. The molecule has 0 aliphatic carbocycles. The molecular formula is C12H13ClN2O3S. The normalized spacial score (nSPS) is 19.2. The quantitative estimate of drug-likeness (QED) is 0.921. The lowest BCUT2D eigenvalue weighted by Crippen LogP contribution is -2.47. The highest BCUT2D eigenvalue weighted by atomic mass is 35.5. The van der Waals surface area contributed by atoms with Gasteiger partial charge in [-0.25, -0.2) is 0 Å². The van der Waals surface area contributed by atoms with Crippen molar-refractivity contribution < 1.29 is 14.7 Å². The van der Waals surface area contributed by atoms with Gasteiger partial charge in [-0.2, -0.15) is 11.8 Å². The van der Waals surface area contributed by atoms with Crippen LogP contribution in [0.15, 0.2) is 18.3 Å². The molecule has 1 atom stereocenters. The molecule has 2 rings (SSSR count). The number of hydrogen-bond acceptors (Lipinski definition) is 4. The van der Waals surface area contributed by atoms with Crippen LogP contribution in [0, 0.1) is 0 Å². The minimum Gasteiger partial charge on any atom is -0.481 e. The summed E-state index contributed by atoms with van der Waals surface area (Å²) in [7, 11) is 0. The average Bonchev–Trinajstić information content (AvgIpc) is 2.38. The summed E-state index contributed by atoms with van der Waals surface area (Å²) < 4.78 is 0. The second-order valence-electron chi connectivity index (χ2n) is 4.18. The molecule has 0 spiro atoms. The first-order valence-corrected chi connectivity index (χ1v) is 7.33. The number of nitrogens with zero attached hydrogens (tertiary/aromatic N) is 2. The van der Waals surface area contributed by atoms with E-state index >= 15 is 0 Å².